The van der Waals surface area contributed by atoms with Crippen molar-refractivity contribution < 1.29 is 19.4 Å². The van der Waals surface area contributed by atoms with E-state index in [1.165, 1.54) is 0 Å². The number of aliphatic hydroxyl groups is 1. The molecule has 0 spiro atoms. The van der Waals surface area contributed by atoms with Gasteiger partial charge in [0.05, 0.1) is 30.5 Å². The summed E-state index contributed by atoms with van der Waals surface area (Å²) in [6, 6.07) is 20.7. The first-order chi connectivity index (χ1) is 19.8. The van der Waals surface area contributed by atoms with Crippen LogP contribution in [-0.2, 0) is 11.3 Å². The van der Waals surface area contributed by atoms with E-state index >= 15 is 0 Å². The number of carbonyl (C=O) groups excluding carboxylic acids is 1. The number of carbonyl (C=O) groups is 1. The Bertz CT molecular complexity index is 1670. The van der Waals surface area contributed by atoms with Crippen LogP contribution in [0.15, 0.2) is 72.9 Å². The van der Waals surface area contributed by atoms with Crippen molar-refractivity contribution in [2.45, 2.75) is 39.3 Å². The number of aromatic nitrogens is 4. The second-order valence-corrected chi connectivity index (χ2v) is 10.3. The van der Waals surface area contributed by atoms with E-state index in [0.29, 0.717) is 36.8 Å². The average molecular weight is 554 g/mol. The summed E-state index contributed by atoms with van der Waals surface area (Å²) < 4.78 is 14.8. The largest absolute Gasteiger partial charge is 0.489 e. The summed E-state index contributed by atoms with van der Waals surface area (Å²) in [6.45, 7) is 7.35. The fourth-order valence-corrected chi connectivity index (χ4v) is 5.18. The third kappa shape index (κ3) is 5.73. The van der Waals surface area contributed by atoms with Gasteiger partial charge in [-0.25, -0.2) is 4.68 Å². The van der Waals surface area contributed by atoms with E-state index < -0.39 is 12.0 Å². The lowest BCUT2D eigenvalue weighted by Crippen LogP contribution is -2.13. The number of aliphatic hydroxyl groups excluding tert-OH is 1. The predicted octanol–water partition coefficient (Wildman–Crippen LogP) is 5.18. The van der Waals surface area contributed by atoms with Gasteiger partial charge in [0.25, 0.3) is 0 Å². The van der Waals surface area contributed by atoms with Crippen molar-refractivity contribution in [2.75, 3.05) is 20.3 Å². The van der Waals surface area contributed by atoms with E-state index in [-0.39, 0.29) is 5.92 Å². The number of nitrogens with zero attached hydrogens (tertiary/aromatic N) is 4. The molecule has 0 aliphatic heterocycles. The third-order valence-corrected chi connectivity index (χ3v) is 7.15. The number of nitrogens with two attached hydrogens (primary N) is 1. The molecule has 3 N–H and O–H groups in total. The minimum Gasteiger partial charge on any atom is -0.489 e. The number of fused-ring (bicyclic) bond motifs is 1. The molecule has 1 atom stereocenters. The van der Waals surface area contributed by atoms with Crippen LogP contribution in [0.1, 0.15) is 53.0 Å². The van der Waals surface area contributed by atoms with Crippen molar-refractivity contribution in [1.82, 2.24) is 19.6 Å². The van der Waals surface area contributed by atoms with Crippen molar-refractivity contribution in [2.24, 2.45) is 5.73 Å². The van der Waals surface area contributed by atoms with Gasteiger partial charge in [-0.05, 0) is 42.7 Å². The maximum atomic E-state index is 11.9. The van der Waals surface area contributed by atoms with E-state index in [1.54, 1.807) is 30.0 Å². The number of methoxy groups -OCH3 is 1. The fraction of sp³-hybridized carbons (Fsp3) is 0.281. The van der Waals surface area contributed by atoms with Crippen LogP contribution in [0, 0.1) is 6.92 Å². The standard InChI is InChI=1S/C32H35N5O4/c1-20(2)30-21(3)37(27-14-13-23(32(33)39)17-29(27)41-16-15-40-4)35-31(30)24-11-8-12-26-25(24)18-36(34-26)19-28(38)22-9-6-5-7-10-22/h5-14,17-18,20,28,38H,15-16,19H2,1-4H3,(H2,33,39). The summed E-state index contributed by atoms with van der Waals surface area (Å²) in [7, 11) is 1.61. The first kappa shape index (κ1) is 28.1. The quantitative estimate of drug-likeness (QED) is 0.218. The molecule has 0 radical (unpaired) electrons. The monoisotopic (exact) mass is 553 g/mol. The molecule has 0 bridgehead atoms. The third-order valence-electron chi connectivity index (χ3n) is 7.15. The Balaban J connectivity index is 1.59. The minimum absolute atomic E-state index is 0.173. The van der Waals surface area contributed by atoms with Gasteiger partial charge in [0.2, 0.25) is 5.91 Å². The highest BCUT2D eigenvalue weighted by molar-refractivity contribution is 5.95. The molecular formula is C32H35N5O4. The molecule has 5 aromatic rings. The highest BCUT2D eigenvalue weighted by Gasteiger charge is 2.24. The van der Waals surface area contributed by atoms with Crippen LogP contribution >= 0.6 is 0 Å². The maximum absolute atomic E-state index is 11.9. The van der Waals surface area contributed by atoms with Crippen molar-refractivity contribution in [3.05, 3.63) is 95.3 Å². The van der Waals surface area contributed by atoms with Gasteiger partial charge in [-0.3, -0.25) is 9.48 Å². The Morgan fingerprint density at radius 1 is 1.02 bits per heavy atom. The number of amides is 1. The molecule has 9 nitrogen and oxygen atoms in total. The summed E-state index contributed by atoms with van der Waals surface area (Å²) in [5.74, 6) is 0.133. The smallest absolute Gasteiger partial charge is 0.248 e. The van der Waals surface area contributed by atoms with Gasteiger partial charge in [0.15, 0.2) is 0 Å². The van der Waals surface area contributed by atoms with Gasteiger partial charge in [-0.2, -0.15) is 10.2 Å². The van der Waals surface area contributed by atoms with E-state index in [0.717, 1.165) is 39.0 Å². The molecule has 41 heavy (non-hydrogen) atoms. The first-order valence-electron chi connectivity index (χ1n) is 13.6. The molecule has 9 heteroatoms. The molecule has 0 aliphatic rings. The molecule has 3 aromatic carbocycles. The van der Waals surface area contributed by atoms with Crippen LogP contribution in [0.5, 0.6) is 5.75 Å². The van der Waals surface area contributed by atoms with Gasteiger partial charge in [-0.15, -0.1) is 0 Å². The summed E-state index contributed by atoms with van der Waals surface area (Å²) in [5.41, 5.74) is 12.1. The van der Waals surface area contributed by atoms with E-state index in [9.17, 15) is 9.90 Å². The van der Waals surface area contributed by atoms with Gasteiger partial charge in [0.1, 0.15) is 18.0 Å². The lowest BCUT2D eigenvalue weighted by Gasteiger charge is -2.14. The molecule has 0 aliphatic carbocycles. The number of benzene rings is 3. The zero-order valence-electron chi connectivity index (χ0n) is 23.7. The van der Waals surface area contributed by atoms with Gasteiger partial charge in [0, 0.05) is 41.1 Å². The summed E-state index contributed by atoms with van der Waals surface area (Å²) >= 11 is 0. The van der Waals surface area contributed by atoms with Crippen molar-refractivity contribution in [3.8, 4) is 22.7 Å². The predicted molar refractivity (Wildman–Crippen MR) is 158 cm³/mol. The molecule has 212 valence electrons. The highest BCUT2D eigenvalue weighted by Crippen LogP contribution is 2.37. The van der Waals surface area contributed by atoms with E-state index in [4.69, 9.17) is 25.4 Å². The maximum Gasteiger partial charge on any atom is 0.248 e. The minimum atomic E-state index is -0.679. The normalized spacial score (nSPS) is 12.2. The SMILES string of the molecule is COCCOc1cc(C(N)=O)ccc1-n1nc(-c2cccc3nn(CC(O)c4ccccc4)cc23)c(C(C)C)c1C. The zero-order chi connectivity index (χ0) is 29.1. The van der Waals surface area contributed by atoms with E-state index in [2.05, 4.69) is 13.8 Å². The number of hydrogen-bond acceptors (Lipinski definition) is 6. The fourth-order valence-electron chi connectivity index (χ4n) is 5.18. The van der Waals surface area contributed by atoms with Crippen LogP contribution < -0.4 is 10.5 Å². The molecule has 2 heterocycles. The van der Waals surface area contributed by atoms with Crippen molar-refractivity contribution in [1.29, 1.82) is 0 Å². The number of hydrogen-bond donors (Lipinski definition) is 2. The van der Waals surface area contributed by atoms with Crippen LogP contribution in [0.3, 0.4) is 0 Å². The number of rotatable bonds is 11. The average Bonchev–Trinajstić information content (AvgIpc) is 3.53. The second-order valence-electron chi connectivity index (χ2n) is 10.3. The Morgan fingerprint density at radius 2 is 1.80 bits per heavy atom. The second kappa shape index (κ2) is 12.0. The highest BCUT2D eigenvalue weighted by atomic mass is 16.5. The van der Waals surface area contributed by atoms with Crippen LogP contribution in [0.4, 0.5) is 0 Å². The van der Waals surface area contributed by atoms with Gasteiger partial charge < -0.3 is 20.3 Å². The molecule has 0 saturated carbocycles. The zero-order valence-corrected chi connectivity index (χ0v) is 23.7. The first-order valence-corrected chi connectivity index (χ1v) is 13.6. The summed E-state index contributed by atoms with van der Waals surface area (Å²) in [6.07, 6.45) is 1.29. The topological polar surface area (TPSA) is 117 Å². The van der Waals surface area contributed by atoms with Crippen LogP contribution in [0.25, 0.3) is 27.8 Å². The van der Waals surface area contributed by atoms with E-state index in [1.807, 2.05) is 66.3 Å². The molecule has 5 rings (SSSR count). The lowest BCUT2D eigenvalue weighted by molar-refractivity contribution is 0.0999. The lowest BCUT2D eigenvalue weighted by atomic mass is 9.95. The Morgan fingerprint density at radius 3 is 2.51 bits per heavy atom. The van der Waals surface area contributed by atoms with Crippen LogP contribution in [0.2, 0.25) is 0 Å². The van der Waals surface area contributed by atoms with Gasteiger partial charge in [-0.1, -0.05) is 56.3 Å². The van der Waals surface area contributed by atoms with Crippen molar-refractivity contribution in [3.63, 3.8) is 0 Å². The molecule has 2 aromatic heterocycles. The summed E-state index contributed by atoms with van der Waals surface area (Å²) in [4.78, 5) is 11.9. The van der Waals surface area contributed by atoms with Gasteiger partial charge >= 0.3 is 0 Å². The number of ether oxygens (including phenoxy) is 2. The molecule has 0 saturated heterocycles. The molecule has 1 unspecified atom stereocenters. The Kier molecular flexibility index (Phi) is 8.19. The molecule has 0 fully saturated rings. The Hall–Kier alpha value is -4.47. The molecule has 1 amide bonds. The van der Waals surface area contributed by atoms with Crippen LogP contribution in [-0.4, -0.2) is 50.9 Å². The Labute approximate surface area is 239 Å². The number of primary amides is 1. The molecular weight excluding hydrogens is 518 g/mol. The summed E-state index contributed by atoms with van der Waals surface area (Å²) in [5, 5.41) is 21.6. The van der Waals surface area contributed by atoms with Crippen molar-refractivity contribution >= 4 is 16.8 Å².